The Morgan fingerprint density at radius 2 is 1.85 bits per heavy atom. The third-order valence-corrected chi connectivity index (χ3v) is 4.88. The molecule has 3 aromatic rings. The normalized spacial score (nSPS) is 11.5. The summed E-state index contributed by atoms with van der Waals surface area (Å²) in [6, 6.07) is 19.6. The van der Waals surface area contributed by atoms with E-state index < -0.39 is 6.10 Å². The first kappa shape index (κ1) is 21.3. The predicted octanol–water partition coefficient (Wildman–Crippen LogP) is 4.58. The van der Waals surface area contributed by atoms with E-state index in [2.05, 4.69) is 5.32 Å². The molecule has 3 rings (SSSR count). The van der Waals surface area contributed by atoms with Gasteiger partial charge in [0, 0.05) is 18.0 Å². The highest BCUT2D eigenvalue weighted by atomic mass is 35.5. The van der Waals surface area contributed by atoms with Gasteiger partial charge in [-0.25, -0.2) is 0 Å². The van der Waals surface area contributed by atoms with Gasteiger partial charge >= 0.3 is 0 Å². The second kappa shape index (κ2) is 10.9. The average molecular weight is 406 g/mol. The van der Waals surface area contributed by atoms with E-state index in [4.69, 9.17) is 9.47 Å². The Balaban J connectivity index is 0.00000261. The van der Waals surface area contributed by atoms with Crippen molar-refractivity contribution in [3.8, 4) is 11.5 Å². The average Bonchev–Trinajstić information content (AvgIpc) is 3.21. The molecule has 1 aromatic heterocycles. The van der Waals surface area contributed by atoms with Gasteiger partial charge in [-0.2, -0.15) is 0 Å². The van der Waals surface area contributed by atoms with Crippen molar-refractivity contribution in [1.82, 2.24) is 5.32 Å². The van der Waals surface area contributed by atoms with Gasteiger partial charge in [0.2, 0.25) is 0 Å². The summed E-state index contributed by atoms with van der Waals surface area (Å²) in [5, 5.41) is 15.5. The maximum atomic E-state index is 10.2. The van der Waals surface area contributed by atoms with Crippen LogP contribution < -0.4 is 14.8 Å². The van der Waals surface area contributed by atoms with Gasteiger partial charge < -0.3 is 19.9 Å². The molecule has 27 heavy (non-hydrogen) atoms. The third kappa shape index (κ3) is 6.26. The van der Waals surface area contributed by atoms with Crippen LogP contribution in [0.3, 0.4) is 0 Å². The van der Waals surface area contributed by atoms with Crippen LogP contribution in [0.2, 0.25) is 0 Å². The maximum Gasteiger partial charge on any atom is 0.161 e. The standard InChI is InChI=1S/C21H23NO3S.ClH/c1-24-21-12-16(9-10-20(21)25-15-18-8-5-11-26-18)13-22-14-19(23)17-6-3-2-4-7-17;/h2-12,19,22-23H,13-15H2,1H3;1H. The van der Waals surface area contributed by atoms with E-state index in [0.717, 1.165) is 16.9 Å². The summed E-state index contributed by atoms with van der Waals surface area (Å²) >= 11 is 1.67. The summed E-state index contributed by atoms with van der Waals surface area (Å²) in [4.78, 5) is 1.17. The van der Waals surface area contributed by atoms with Gasteiger partial charge in [0.25, 0.3) is 0 Å². The van der Waals surface area contributed by atoms with E-state index in [9.17, 15) is 5.11 Å². The summed E-state index contributed by atoms with van der Waals surface area (Å²) in [5.74, 6) is 1.44. The first-order valence-corrected chi connectivity index (χ1v) is 9.40. The van der Waals surface area contributed by atoms with E-state index >= 15 is 0 Å². The van der Waals surface area contributed by atoms with Crippen LogP contribution in [-0.2, 0) is 13.2 Å². The fourth-order valence-electron chi connectivity index (χ4n) is 2.63. The first-order chi connectivity index (χ1) is 12.8. The molecule has 2 N–H and O–H groups in total. The molecule has 2 aromatic carbocycles. The van der Waals surface area contributed by atoms with Crippen molar-refractivity contribution in [3.63, 3.8) is 0 Å². The Hall–Kier alpha value is -2.05. The highest BCUT2D eigenvalue weighted by Crippen LogP contribution is 2.29. The smallest absolute Gasteiger partial charge is 0.161 e. The topological polar surface area (TPSA) is 50.7 Å². The number of rotatable bonds is 9. The number of hydrogen-bond donors (Lipinski definition) is 2. The summed E-state index contributed by atoms with van der Waals surface area (Å²) in [5.41, 5.74) is 1.99. The van der Waals surface area contributed by atoms with Crippen LogP contribution in [0.1, 0.15) is 22.1 Å². The van der Waals surface area contributed by atoms with Crippen molar-refractivity contribution in [1.29, 1.82) is 0 Å². The minimum absolute atomic E-state index is 0. The van der Waals surface area contributed by atoms with Gasteiger partial charge in [-0.15, -0.1) is 23.7 Å². The number of methoxy groups -OCH3 is 1. The molecule has 0 saturated carbocycles. The number of hydrogen-bond acceptors (Lipinski definition) is 5. The lowest BCUT2D eigenvalue weighted by atomic mass is 10.1. The second-order valence-corrected chi connectivity index (χ2v) is 6.94. The molecule has 6 heteroatoms. The SMILES string of the molecule is COc1cc(CNCC(O)c2ccccc2)ccc1OCc1cccs1.Cl. The van der Waals surface area contributed by atoms with Crippen LogP contribution in [-0.4, -0.2) is 18.8 Å². The zero-order valence-corrected chi connectivity index (χ0v) is 16.8. The number of thiophene rings is 1. The monoisotopic (exact) mass is 405 g/mol. The lowest BCUT2D eigenvalue weighted by molar-refractivity contribution is 0.174. The van der Waals surface area contributed by atoms with Gasteiger partial charge in [0.1, 0.15) is 6.61 Å². The Morgan fingerprint density at radius 3 is 2.56 bits per heavy atom. The van der Waals surface area contributed by atoms with Crippen LogP contribution in [0.5, 0.6) is 11.5 Å². The van der Waals surface area contributed by atoms with Crippen molar-refractivity contribution in [3.05, 3.63) is 82.0 Å². The number of aliphatic hydroxyl groups excluding tert-OH is 1. The zero-order chi connectivity index (χ0) is 18.2. The summed E-state index contributed by atoms with van der Waals surface area (Å²) in [6.07, 6.45) is -0.522. The number of halogens is 1. The molecule has 0 spiro atoms. The molecule has 0 aliphatic rings. The molecular weight excluding hydrogens is 382 g/mol. The molecule has 0 radical (unpaired) electrons. The number of nitrogens with one attached hydrogen (secondary N) is 1. The van der Waals surface area contributed by atoms with Gasteiger partial charge in [-0.05, 0) is 34.7 Å². The number of aliphatic hydroxyl groups is 1. The van der Waals surface area contributed by atoms with Gasteiger partial charge in [0.15, 0.2) is 11.5 Å². The lowest BCUT2D eigenvalue weighted by Crippen LogP contribution is -2.21. The van der Waals surface area contributed by atoms with E-state index in [1.54, 1.807) is 18.4 Å². The van der Waals surface area contributed by atoms with Gasteiger partial charge in [-0.3, -0.25) is 0 Å². The summed E-state index contributed by atoms with van der Waals surface area (Å²) < 4.78 is 11.3. The summed E-state index contributed by atoms with van der Waals surface area (Å²) in [6.45, 7) is 1.67. The zero-order valence-electron chi connectivity index (χ0n) is 15.1. The van der Waals surface area contributed by atoms with Crippen LogP contribution in [0.4, 0.5) is 0 Å². The third-order valence-electron chi connectivity index (χ3n) is 4.03. The quantitative estimate of drug-likeness (QED) is 0.547. The molecule has 144 valence electrons. The summed E-state index contributed by atoms with van der Waals surface area (Å²) in [7, 11) is 1.64. The Morgan fingerprint density at radius 1 is 1.04 bits per heavy atom. The molecule has 1 unspecified atom stereocenters. The van der Waals surface area contributed by atoms with Crippen molar-refractivity contribution in [2.75, 3.05) is 13.7 Å². The second-order valence-electron chi connectivity index (χ2n) is 5.91. The fourth-order valence-corrected chi connectivity index (χ4v) is 3.25. The van der Waals surface area contributed by atoms with Crippen LogP contribution in [0, 0.1) is 0 Å². The van der Waals surface area contributed by atoms with Crippen LogP contribution in [0.15, 0.2) is 66.0 Å². The lowest BCUT2D eigenvalue weighted by Gasteiger charge is -2.14. The molecule has 1 heterocycles. The maximum absolute atomic E-state index is 10.2. The van der Waals surface area contributed by atoms with E-state index in [-0.39, 0.29) is 12.4 Å². The van der Waals surface area contributed by atoms with E-state index in [0.29, 0.717) is 25.4 Å². The van der Waals surface area contributed by atoms with Crippen LogP contribution in [0.25, 0.3) is 0 Å². The number of benzene rings is 2. The molecule has 0 saturated heterocycles. The molecule has 0 bridgehead atoms. The van der Waals surface area contributed by atoms with E-state index in [1.165, 1.54) is 4.88 Å². The molecule has 1 atom stereocenters. The Kier molecular flexibility index (Phi) is 8.61. The minimum Gasteiger partial charge on any atom is -0.493 e. The highest BCUT2D eigenvalue weighted by molar-refractivity contribution is 7.09. The van der Waals surface area contributed by atoms with E-state index in [1.807, 2.05) is 66.0 Å². The van der Waals surface area contributed by atoms with Crippen molar-refractivity contribution in [2.45, 2.75) is 19.3 Å². The molecule has 0 aliphatic carbocycles. The first-order valence-electron chi connectivity index (χ1n) is 8.52. The van der Waals surface area contributed by atoms with Crippen molar-refractivity contribution >= 4 is 23.7 Å². The largest absolute Gasteiger partial charge is 0.493 e. The van der Waals surface area contributed by atoms with Gasteiger partial charge in [0.05, 0.1) is 13.2 Å². The molecule has 0 aliphatic heterocycles. The fraction of sp³-hybridized carbons (Fsp3) is 0.238. The van der Waals surface area contributed by atoms with Crippen LogP contribution >= 0.6 is 23.7 Å². The minimum atomic E-state index is -0.522. The molecule has 0 amide bonds. The Labute approximate surface area is 170 Å². The molecule has 0 fully saturated rings. The van der Waals surface area contributed by atoms with Crippen molar-refractivity contribution in [2.24, 2.45) is 0 Å². The molecular formula is C21H24ClNO3S. The van der Waals surface area contributed by atoms with Crippen molar-refractivity contribution < 1.29 is 14.6 Å². The predicted molar refractivity (Wildman–Crippen MR) is 112 cm³/mol. The number of ether oxygens (including phenoxy) is 2. The molecule has 4 nitrogen and oxygen atoms in total. The van der Waals surface area contributed by atoms with Gasteiger partial charge in [-0.1, -0.05) is 42.5 Å². The highest BCUT2D eigenvalue weighted by Gasteiger charge is 2.09. The Bertz CT molecular complexity index is 796.